The van der Waals surface area contributed by atoms with E-state index in [-0.39, 0.29) is 12.5 Å². The normalized spacial score (nSPS) is 15.6. The van der Waals surface area contributed by atoms with E-state index >= 15 is 0 Å². The fourth-order valence-corrected chi connectivity index (χ4v) is 3.33. The minimum atomic E-state index is -0.722. The molecule has 1 saturated heterocycles. The van der Waals surface area contributed by atoms with Gasteiger partial charge in [-0.3, -0.25) is 4.79 Å². The Labute approximate surface area is 168 Å². The second-order valence-corrected chi connectivity index (χ2v) is 6.90. The van der Waals surface area contributed by atoms with Gasteiger partial charge >= 0.3 is 6.09 Å². The number of nitrogens with zero attached hydrogens (tertiary/aromatic N) is 2. The number of alkyl carbamates (subject to hydrolysis) is 1. The van der Waals surface area contributed by atoms with Gasteiger partial charge in [-0.2, -0.15) is 0 Å². The molecule has 1 aromatic heterocycles. The third-order valence-corrected chi connectivity index (χ3v) is 4.71. The van der Waals surface area contributed by atoms with Crippen molar-refractivity contribution in [3.8, 4) is 16.9 Å². The first-order valence-corrected chi connectivity index (χ1v) is 9.63. The largest absolute Gasteiger partial charge is 0.447 e. The summed E-state index contributed by atoms with van der Waals surface area (Å²) in [6.45, 7) is 2.16. The van der Waals surface area contributed by atoms with Crippen LogP contribution in [0.4, 0.5) is 10.6 Å². The fraction of sp³-hybridized carbons (Fsp3) is 0.227. The molecule has 3 aromatic rings. The standard InChI is InChI=1S/C22H22N4O3/c1-2-7-15-8-6-9-16(12-15)19-13-20(24-21(27)18-14-29-22(28)23-18)25-26(19)17-10-4-3-5-11-17/h3-6,8-13,18H,2,7,14H2,1H3,(H,23,28)(H,24,25,27)/t18-/m0/s1. The Bertz CT molecular complexity index is 1030. The van der Waals surface area contributed by atoms with E-state index in [0.29, 0.717) is 5.82 Å². The molecule has 0 bridgehead atoms. The Morgan fingerprint density at radius 3 is 2.76 bits per heavy atom. The Hall–Kier alpha value is -3.61. The van der Waals surface area contributed by atoms with Crippen molar-refractivity contribution >= 4 is 17.8 Å². The third kappa shape index (κ3) is 4.13. The number of carbonyl (C=O) groups is 2. The van der Waals surface area contributed by atoms with Crippen LogP contribution < -0.4 is 10.6 Å². The van der Waals surface area contributed by atoms with Crippen LogP contribution in [0.2, 0.25) is 0 Å². The van der Waals surface area contributed by atoms with Crippen LogP contribution >= 0.6 is 0 Å². The molecule has 7 heteroatoms. The maximum absolute atomic E-state index is 12.4. The summed E-state index contributed by atoms with van der Waals surface area (Å²) in [4.78, 5) is 23.6. The first-order valence-electron chi connectivity index (χ1n) is 9.63. The van der Waals surface area contributed by atoms with Crippen molar-refractivity contribution in [3.63, 3.8) is 0 Å². The van der Waals surface area contributed by atoms with Crippen LogP contribution in [-0.2, 0) is 16.0 Å². The van der Waals surface area contributed by atoms with Gasteiger partial charge in [0, 0.05) is 11.6 Å². The van der Waals surface area contributed by atoms with E-state index in [1.165, 1.54) is 5.56 Å². The quantitative estimate of drug-likeness (QED) is 0.674. The SMILES string of the molecule is CCCc1cccc(-c2cc(NC(=O)[C@@H]3COC(=O)N3)nn2-c2ccccc2)c1. The summed E-state index contributed by atoms with van der Waals surface area (Å²) in [5.41, 5.74) is 4.03. The fourth-order valence-electron chi connectivity index (χ4n) is 3.33. The second kappa shape index (κ2) is 8.18. The number of rotatable bonds is 6. The third-order valence-electron chi connectivity index (χ3n) is 4.71. The molecule has 4 rings (SSSR count). The number of carbonyl (C=O) groups excluding carboxylic acids is 2. The summed E-state index contributed by atoms with van der Waals surface area (Å²) < 4.78 is 6.60. The van der Waals surface area contributed by atoms with Crippen LogP contribution in [0.3, 0.4) is 0 Å². The minimum Gasteiger partial charge on any atom is -0.447 e. The zero-order valence-corrected chi connectivity index (χ0v) is 16.1. The van der Waals surface area contributed by atoms with Gasteiger partial charge in [0.1, 0.15) is 12.6 Å². The number of amides is 2. The Kier molecular flexibility index (Phi) is 5.29. The summed E-state index contributed by atoms with van der Waals surface area (Å²) >= 11 is 0. The van der Waals surface area contributed by atoms with Crippen LogP contribution in [0.15, 0.2) is 60.7 Å². The van der Waals surface area contributed by atoms with Gasteiger partial charge < -0.3 is 15.4 Å². The van der Waals surface area contributed by atoms with Crippen molar-refractivity contribution in [1.82, 2.24) is 15.1 Å². The van der Waals surface area contributed by atoms with Gasteiger partial charge in [-0.05, 0) is 30.2 Å². The van der Waals surface area contributed by atoms with Gasteiger partial charge in [-0.15, -0.1) is 5.10 Å². The van der Waals surface area contributed by atoms with Crippen LogP contribution in [0.25, 0.3) is 16.9 Å². The zero-order chi connectivity index (χ0) is 20.2. The van der Waals surface area contributed by atoms with E-state index in [4.69, 9.17) is 4.74 Å². The highest BCUT2D eigenvalue weighted by Crippen LogP contribution is 2.27. The monoisotopic (exact) mass is 390 g/mol. The number of aryl methyl sites for hydroxylation is 1. The van der Waals surface area contributed by atoms with Crippen molar-refractivity contribution in [2.24, 2.45) is 0 Å². The number of hydrogen-bond donors (Lipinski definition) is 2. The van der Waals surface area contributed by atoms with E-state index in [1.54, 1.807) is 0 Å². The zero-order valence-electron chi connectivity index (χ0n) is 16.1. The lowest BCUT2D eigenvalue weighted by Gasteiger charge is -2.09. The summed E-state index contributed by atoms with van der Waals surface area (Å²) in [6, 6.07) is 19.2. The van der Waals surface area contributed by atoms with E-state index in [1.807, 2.05) is 53.2 Å². The summed E-state index contributed by atoms with van der Waals surface area (Å²) in [7, 11) is 0. The first-order chi connectivity index (χ1) is 14.1. The molecule has 0 spiro atoms. The molecule has 1 fully saturated rings. The molecular weight excluding hydrogens is 368 g/mol. The second-order valence-electron chi connectivity index (χ2n) is 6.90. The predicted octanol–water partition coefficient (Wildman–Crippen LogP) is 3.54. The van der Waals surface area contributed by atoms with E-state index in [2.05, 4.69) is 34.8 Å². The number of anilines is 1. The van der Waals surface area contributed by atoms with Crippen LogP contribution in [0.5, 0.6) is 0 Å². The van der Waals surface area contributed by atoms with Gasteiger partial charge in [0.05, 0.1) is 11.4 Å². The van der Waals surface area contributed by atoms with E-state index < -0.39 is 12.1 Å². The number of para-hydroxylation sites is 1. The van der Waals surface area contributed by atoms with Crippen LogP contribution in [-0.4, -0.2) is 34.4 Å². The lowest BCUT2D eigenvalue weighted by molar-refractivity contribution is -0.117. The molecule has 2 amide bonds. The highest BCUT2D eigenvalue weighted by molar-refractivity contribution is 5.97. The molecule has 0 saturated carbocycles. The molecule has 29 heavy (non-hydrogen) atoms. The molecule has 2 N–H and O–H groups in total. The molecule has 7 nitrogen and oxygen atoms in total. The molecule has 1 aliphatic heterocycles. The molecule has 148 valence electrons. The lowest BCUT2D eigenvalue weighted by atomic mass is 10.0. The van der Waals surface area contributed by atoms with Gasteiger partial charge in [-0.1, -0.05) is 49.7 Å². The average Bonchev–Trinajstić information content (AvgIpc) is 3.36. The molecule has 0 aliphatic carbocycles. The Morgan fingerprint density at radius 1 is 1.21 bits per heavy atom. The summed E-state index contributed by atoms with van der Waals surface area (Å²) in [5, 5.41) is 9.85. The molecule has 2 heterocycles. The van der Waals surface area contributed by atoms with E-state index in [0.717, 1.165) is 29.8 Å². The molecule has 1 aliphatic rings. The highest BCUT2D eigenvalue weighted by Gasteiger charge is 2.29. The van der Waals surface area contributed by atoms with E-state index in [9.17, 15) is 9.59 Å². The van der Waals surface area contributed by atoms with Crippen molar-refractivity contribution in [1.29, 1.82) is 0 Å². The van der Waals surface area contributed by atoms with Gasteiger partial charge in [0.15, 0.2) is 5.82 Å². The maximum Gasteiger partial charge on any atom is 0.407 e. The summed E-state index contributed by atoms with van der Waals surface area (Å²) in [5.74, 6) is 0.0516. The molecule has 0 unspecified atom stereocenters. The van der Waals surface area contributed by atoms with Crippen LogP contribution in [0, 0.1) is 0 Å². The van der Waals surface area contributed by atoms with Crippen molar-refractivity contribution < 1.29 is 14.3 Å². The number of cyclic esters (lactones) is 1. The summed E-state index contributed by atoms with van der Waals surface area (Å²) in [6.07, 6.45) is 1.48. The lowest BCUT2D eigenvalue weighted by Crippen LogP contribution is -2.38. The first kappa shape index (κ1) is 18.7. The number of aromatic nitrogens is 2. The molecular formula is C22H22N4O3. The number of ether oxygens (including phenoxy) is 1. The van der Waals surface area contributed by atoms with Gasteiger partial charge in [-0.25, -0.2) is 9.48 Å². The molecule has 2 aromatic carbocycles. The number of hydrogen-bond acceptors (Lipinski definition) is 4. The predicted molar refractivity (Wildman–Crippen MR) is 110 cm³/mol. The molecule has 1 atom stereocenters. The van der Waals surface area contributed by atoms with Gasteiger partial charge in [0.25, 0.3) is 5.91 Å². The minimum absolute atomic E-state index is 0.00990. The van der Waals surface area contributed by atoms with Crippen molar-refractivity contribution in [2.45, 2.75) is 25.8 Å². The maximum atomic E-state index is 12.4. The highest BCUT2D eigenvalue weighted by atomic mass is 16.6. The number of nitrogens with one attached hydrogen (secondary N) is 2. The Balaban J connectivity index is 1.69. The van der Waals surface area contributed by atoms with Crippen LogP contribution in [0.1, 0.15) is 18.9 Å². The van der Waals surface area contributed by atoms with Crippen molar-refractivity contribution in [2.75, 3.05) is 11.9 Å². The number of benzene rings is 2. The van der Waals surface area contributed by atoms with Crippen molar-refractivity contribution in [3.05, 3.63) is 66.2 Å². The Morgan fingerprint density at radius 2 is 2.03 bits per heavy atom. The smallest absolute Gasteiger partial charge is 0.407 e. The average molecular weight is 390 g/mol. The topological polar surface area (TPSA) is 85.2 Å². The molecule has 0 radical (unpaired) electrons. The van der Waals surface area contributed by atoms with Gasteiger partial charge in [0.2, 0.25) is 0 Å².